The Morgan fingerprint density at radius 2 is 1.70 bits per heavy atom. The number of carbonyl (C=O) groups is 1. The van der Waals surface area contributed by atoms with Crippen LogP contribution in [0.25, 0.3) is 0 Å². The predicted molar refractivity (Wildman–Crippen MR) is 108 cm³/mol. The van der Waals surface area contributed by atoms with Gasteiger partial charge in [0.1, 0.15) is 5.75 Å². The number of rotatable bonds is 6. The number of hydrogen-bond acceptors (Lipinski definition) is 3. The summed E-state index contributed by atoms with van der Waals surface area (Å²) in [4.78, 5) is 18.3. The number of likely N-dealkylation sites (N-methyl/N-ethyl adjacent to an activating group) is 1. The number of anilines is 1. The SMILES string of the molecule is CCOc1ccccc1N1CC[NH+]([C@H](C(=O)N(C)C)c2ccccc2)CC1. The second-order valence-electron chi connectivity index (χ2n) is 7.12. The van der Waals surface area contributed by atoms with Gasteiger partial charge in [0, 0.05) is 19.7 Å². The molecule has 0 aliphatic carbocycles. The number of carbonyl (C=O) groups excluding carboxylic acids is 1. The summed E-state index contributed by atoms with van der Waals surface area (Å²) < 4.78 is 5.79. The van der Waals surface area contributed by atoms with Gasteiger partial charge in [-0.2, -0.15) is 0 Å². The second kappa shape index (κ2) is 8.91. The Kier molecular flexibility index (Phi) is 6.35. The molecule has 2 aromatic carbocycles. The highest BCUT2D eigenvalue weighted by atomic mass is 16.5. The molecular formula is C22H30N3O2+. The molecule has 0 radical (unpaired) electrons. The minimum Gasteiger partial charge on any atom is -0.492 e. The molecule has 0 spiro atoms. The van der Waals surface area contributed by atoms with E-state index in [1.165, 1.54) is 4.90 Å². The zero-order chi connectivity index (χ0) is 19.2. The van der Waals surface area contributed by atoms with Crippen LogP contribution in [-0.2, 0) is 4.79 Å². The number of para-hydroxylation sites is 2. The molecule has 1 heterocycles. The third-order valence-electron chi connectivity index (χ3n) is 5.14. The van der Waals surface area contributed by atoms with Crippen LogP contribution in [0.3, 0.4) is 0 Å². The van der Waals surface area contributed by atoms with Crippen LogP contribution in [0.4, 0.5) is 5.69 Å². The van der Waals surface area contributed by atoms with Gasteiger partial charge in [0.15, 0.2) is 6.04 Å². The molecule has 1 atom stereocenters. The topological polar surface area (TPSA) is 37.2 Å². The largest absolute Gasteiger partial charge is 0.492 e. The Hall–Kier alpha value is -2.53. The Balaban J connectivity index is 1.76. The molecule has 144 valence electrons. The summed E-state index contributed by atoms with van der Waals surface area (Å²) in [6, 6.07) is 18.2. The summed E-state index contributed by atoms with van der Waals surface area (Å²) in [5, 5.41) is 0. The molecule has 5 heteroatoms. The summed E-state index contributed by atoms with van der Waals surface area (Å²) in [6.07, 6.45) is 0. The minimum absolute atomic E-state index is 0.148. The fourth-order valence-corrected chi connectivity index (χ4v) is 3.78. The van der Waals surface area contributed by atoms with E-state index < -0.39 is 0 Å². The molecule has 3 rings (SSSR count). The van der Waals surface area contributed by atoms with E-state index in [0.29, 0.717) is 6.61 Å². The van der Waals surface area contributed by atoms with Crippen molar-refractivity contribution in [3.05, 3.63) is 60.2 Å². The average Bonchev–Trinajstić information content (AvgIpc) is 2.70. The number of ether oxygens (including phenoxy) is 1. The molecule has 2 aromatic rings. The summed E-state index contributed by atoms with van der Waals surface area (Å²) in [7, 11) is 3.68. The second-order valence-corrected chi connectivity index (χ2v) is 7.12. The molecule has 1 amide bonds. The first-order valence-corrected chi connectivity index (χ1v) is 9.69. The lowest BCUT2D eigenvalue weighted by atomic mass is 10.0. The fraction of sp³-hybridized carbons (Fsp3) is 0.409. The van der Waals surface area contributed by atoms with Crippen molar-refractivity contribution in [3.8, 4) is 5.75 Å². The standard InChI is InChI=1S/C22H29N3O2/c1-4-27-20-13-9-8-12-19(20)24-14-16-25(17-15-24)21(22(26)23(2)3)18-10-6-5-7-11-18/h5-13,21H,4,14-17H2,1-3H3/p+1/t21-/m0/s1. The van der Waals surface area contributed by atoms with Gasteiger partial charge in [0.25, 0.3) is 5.91 Å². The number of nitrogens with one attached hydrogen (secondary N) is 1. The summed E-state index contributed by atoms with van der Waals surface area (Å²) >= 11 is 0. The number of quaternary nitrogens is 1. The van der Waals surface area contributed by atoms with Gasteiger partial charge < -0.3 is 19.4 Å². The molecule has 0 bridgehead atoms. The molecule has 1 aliphatic rings. The quantitative estimate of drug-likeness (QED) is 0.842. The van der Waals surface area contributed by atoms with Crippen LogP contribution in [0.5, 0.6) is 5.75 Å². The van der Waals surface area contributed by atoms with Gasteiger partial charge in [0.2, 0.25) is 0 Å². The Labute approximate surface area is 162 Å². The lowest BCUT2D eigenvalue weighted by molar-refractivity contribution is -0.922. The van der Waals surface area contributed by atoms with Crippen LogP contribution in [0.2, 0.25) is 0 Å². The van der Waals surface area contributed by atoms with E-state index in [4.69, 9.17) is 4.74 Å². The summed E-state index contributed by atoms with van der Waals surface area (Å²) in [5.41, 5.74) is 2.24. The first-order chi connectivity index (χ1) is 13.1. The van der Waals surface area contributed by atoms with E-state index in [2.05, 4.69) is 29.2 Å². The maximum Gasteiger partial charge on any atom is 0.285 e. The molecule has 1 N–H and O–H groups in total. The van der Waals surface area contributed by atoms with Crippen LogP contribution < -0.4 is 14.5 Å². The molecule has 1 saturated heterocycles. The van der Waals surface area contributed by atoms with Crippen molar-refractivity contribution in [2.75, 3.05) is 51.8 Å². The summed E-state index contributed by atoms with van der Waals surface area (Å²) in [5.74, 6) is 1.10. The number of benzene rings is 2. The van der Waals surface area contributed by atoms with Crippen molar-refractivity contribution in [2.45, 2.75) is 13.0 Å². The lowest BCUT2D eigenvalue weighted by Gasteiger charge is -2.38. The molecule has 1 fully saturated rings. The van der Waals surface area contributed by atoms with Crippen LogP contribution in [0, 0.1) is 0 Å². The Morgan fingerprint density at radius 1 is 1.07 bits per heavy atom. The van der Waals surface area contributed by atoms with Crippen LogP contribution in [0.1, 0.15) is 18.5 Å². The van der Waals surface area contributed by atoms with Crippen molar-refractivity contribution in [2.24, 2.45) is 0 Å². The van der Waals surface area contributed by atoms with E-state index >= 15 is 0 Å². The molecule has 0 aromatic heterocycles. The van der Waals surface area contributed by atoms with E-state index in [9.17, 15) is 4.79 Å². The zero-order valence-corrected chi connectivity index (χ0v) is 16.5. The predicted octanol–water partition coefficient (Wildman–Crippen LogP) is 1.62. The van der Waals surface area contributed by atoms with E-state index in [1.54, 1.807) is 4.90 Å². The maximum absolute atomic E-state index is 12.9. The highest BCUT2D eigenvalue weighted by Gasteiger charge is 2.35. The molecule has 1 aliphatic heterocycles. The van der Waals surface area contributed by atoms with Crippen LogP contribution >= 0.6 is 0 Å². The van der Waals surface area contributed by atoms with Gasteiger partial charge in [-0.15, -0.1) is 0 Å². The zero-order valence-electron chi connectivity index (χ0n) is 16.5. The highest BCUT2D eigenvalue weighted by molar-refractivity contribution is 5.81. The van der Waals surface area contributed by atoms with Crippen LogP contribution in [-0.4, -0.2) is 57.7 Å². The molecule has 0 saturated carbocycles. The van der Waals surface area contributed by atoms with Gasteiger partial charge in [-0.1, -0.05) is 42.5 Å². The monoisotopic (exact) mass is 368 g/mol. The van der Waals surface area contributed by atoms with Crippen molar-refractivity contribution < 1.29 is 14.4 Å². The first-order valence-electron chi connectivity index (χ1n) is 9.69. The Bertz CT molecular complexity index is 740. The lowest BCUT2D eigenvalue weighted by Crippen LogP contribution is -3.16. The molecule has 5 nitrogen and oxygen atoms in total. The van der Waals surface area contributed by atoms with Crippen molar-refractivity contribution in [3.63, 3.8) is 0 Å². The number of hydrogen-bond donors (Lipinski definition) is 1. The van der Waals surface area contributed by atoms with Gasteiger partial charge in [-0.3, -0.25) is 4.79 Å². The smallest absolute Gasteiger partial charge is 0.285 e. The van der Waals surface area contributed by atoms with Crippen molar-refractivity contribution in [1.82, 2.24) is 4.90 Å². The first kappa shape index (κ1) is 19.2. The van der Waals surface area contributed by atoms with Gasteiger partial charge in [-0.25, -0.2) is 0 Å². The normalized spacial score (nSPS) is 16.0. The van der Waals surface area contributed by atoms with Crippen molar-refractivity contribution in [1.29, 1.82) is 0 Å². The van der Waals surface area contributed by atoms with Gasteiger partial charge in [-0.05, 0) is 19.1 Å². The van der Waals surface area contributed by atoms with Gasteiger partial charge in [0.05, 0.1) is 38.5 Å². The summed E-state index contributed by atoms with van der Waals surface area (Å²) in [6.45, 7) is 6.32. The molecule has 27 heavy (non-hydrogen) atoms. The third kappa shape index (κ3) is 4.42. The van der Waals surface area contributed by atoms with Crippen molar-refractivity contribution >= 4 is 11.6 Å². The number of nitrogens with zero attached hydrogens (tertiary/aromatic N) is 2. The number of amides is 1. The highest BCUT2D eigenvalue weighted by Crippen LogP contribution is 2.28. The minimum atomic E-state index is -0.148. The number of piperazine rings is 1. The van der Waals surface area contributed by atoms with Gasteiger partial charge >= 0.3 is 0 Å². The fourth-order valence-electron chi connectivity index (χ4n) is 3.78. The molecular weight excluding hydrogens is 338 g/mol. The third-order valence-corrected chi connectivity index (χ3v) is 5.14. The molecule has 0 unspecified atom stereocenters. The van der Waals surface area contributed by atoms with E-state index in [-0.39, 0.29) is 11.9 Å². The average molecular weight is 369 g/mol. The van der Waals surface area contributed by atoms with E-state index in [1.807, 2.05) is 51.4 Å². The van der Waals surface area contributed by atoms with Crippen LogP contribution in [0.15, 0.2) is 54.6 Å². The Morgan fingerprint density at radius 3 is 2.33 bits per heavy atom. The maximum atomic E-state index is 12.9. The van der Waals surface area contributed by atoms with E-state index in [0.717, 1.165) is 43.2 Å².